The van der Waals surface area contributed by atoms with Gasteiger partial charge in [0.25, 0.3) is 0 Å². The summed E-state index contributed by atoms with van der Waals surface area (Å²) >= 11 is 11.1. The molecule has 0 amide bonds. The van der Waals surface area contributed by atoms with Crippen LogP contribution in [0.4, 0.5) is 0 Å². The van der Waals surface area contributed by atoms with E-state index in [1.807, 2.05) is 0 Å². The fourth-order valence-corrected chi connectivity index (χ4v) is 2.83. The second-order valence-corrected chi connectivity index (χ2v) is 5.81. The molecule has 0 radical (unpaired) electrons. The van der Waals surface area contributed by atoms with Crippen LogP contribution in [0.5, 0.6) is 0 Å². The van der Waals surface area contributed by atoms with E-state index in [4.69, 9.17) is 42.0 Å². The summed E-state index contributed by atoms with van der Waals surface area (Å²) in [5.41, 5.74) is 0. The molecule has 0 aliphatic carbocycles. The van der Waals surface area contributed by atoms with Gasteiger partial charge in [-0.05, 0) is 13.8 Å². The van der Waals surface area contributed by atoms with E-state index in [1.165, 1.54) is 0 Å². The summed E-state index contributed by atoms with van der Waals surface area (Å²) in [5.74, 6) is 0.0996. The molecule has 1 N–H and O–H groups in total. The molecule has 10 heteroatoms. The van der Waals surface area contributed by atoms with Gasteiger partial charge in [-0.25, -0.2) is 9.45 Å². The van der Waals surface area contributed by atoms with Crippen LogP contribution in [0.1, 0.15) is 13.8 Å². The number of phosphoric ester groups is 1. The Balaban J connectivity index is 4.82. The van der Waals surface area contributed by atoms with Gasteiger partial charge in [0.2, 0.25) is 0 Å². The van der Waals surface area contributed by atoms with E-state index in [2.05, 4.69) is 4.89 Å². The second kappa shape index (κ2) is 10.1. The summed E-state index contributed by atoms with van der Waals surface area (Å²) < 4.78 is 27.4. The molecule has 0 spiro atoms. The molecule has 0 rings (SSSR count). The zero-order valence-electron chi connectivity index (χ0n) is 10.5. The zero-order chi connectivity index (χ0) is 14.9. The van der Waals surface area contributed by atoms with Crippen molar-refractivity contribution >= 4 is 37.3 Å². The van der Waals surface area contributed by atoms with E-state index in [-0.39, 0.29) is 11.8 Å². The monoisotopic (exact) mass is 338 g/mol. The molecule has 0 saturated carbocycles. The second-order valence-electron chi connectivity index (χ2n) is 3.66. The Bertz CT molecular complexity index is 288. The molecule has 7 nitrogen and oxygen atoms in total. The predicted octanol–water partition coefficient (Wildman–Crippen LogP) is 2.46. The zero-order valence-corrected chi connectivity index (χ0v) is 12.9. The number of aldehydes is 1. The van der Waals surface area contributed by atoms with Gasteiger partial charge >= 0.3 is 7.82 Å². The first-order valence-corrected chi connectivity index (χ1v) is 7.92. The van der Waals surface area contributed by atoms with Gasteiger partial charge in [-0.15, -0.1) is 23.2 Å². The quantitative estimate of drug-likeness (QED) is 0.203. The first kappa shape index (κ1) is 19.3. The highest BCUT2D eigenvalue weighted by Crippen LogP contribution is 2.52. The standard InChI is InChI=1S/C9H17Cl2O7P/c1-7(3-10)16-19(14,17-8(2)4-11)18-9(5-12)6-15-13/h5,7-9,13H,3-4,6H2,1-2H3. The third kappa shape index (κ3) is 8.22. The number of carbonyl (C=O) groups excluding carboxylic acids is 1. The van der Waals surface area contributed by atoms with Crippen molar-refractivity contribution in [1.29, 1.82) is 0 Å². The van der Waals surface area contributed by atoms with Gasteiger partial charge in [-0.2, -0.15) is 0 Å². The molecule has 0 aromatic carbocycles. The SMILES string of the molecule is CC(CCl)OP(=O)(OC(C)CCl)OC(C=O)COO. The van der Waals surface area contributed by atoms with Gasteiger partial charge in [-0.1, -0.05) is 0 Å². The third-order valence-corrected chi connectivity index (χ3v) is 4.34. The smallest absolute Gasteiger partial charge is 0.300 e. The minimum absolute atomic E-state index is 0.0498. The van der Waals surface area contributed by atoms with E-state index in [0.717, 1.165) is 0 Å². The van der Waals surface area contributed by atoms with Crippen LogP contribution in [0.25, 0.3) is 0 Å². The average molecular weight is 339 g/mol. The number of carbonyl (C=O) groups is 1. The number of phosphoric acid groups is 1. The first-order chi connectivity index (χ1) is 8.90. The summed E-state index contributed by atoms with van der Waals surface area (Å²) in [6.07, 6.45) is -2.26. The number of hydrogen-bond donors (Lipinski definition) is 1. The lowest BCUT2D eigenvalue weighted by Crippen LogP contribution is -2.24. The van der Waals surface area contributed by atoms with Crippen LogP contribution in [0, 0.1) is 0 Å². The Morgan fingerprint density at radius 1 is 1.16 bits per heavy atom. The van der Waals surface area contributed by atoms with Crippen LogP contribution in [0.15, 0.2) is 0 Å². The number of rotatable bonds is 11. The molecule has 0 saturated heterocycles. The highest BCUT2D eigenvalue weighted by Gasteiger charge is 2.34. The van der Waals surface area contributed by atoms with Crippen LogP contribution in [0.2, 0.25) is 0 Å². The van der Waals surface area contributed by atoms with Gasteiger partial charge in [0.1, 0.15) is 6.61 Å². The summed E-state index contributed by atoms with van der Waals surface area (Å²) in [6, 6.07) is 0. The van der Waals surface area contributed by atoms with Crippen molar-refractivity contribution in [2.75, 3.05) is 18.4 Å². The average Bonchev–Trinajstić information content (AvgIpc) is 2.37. The molecule has 0 aromatic rings. The minimum Gasteiger partial charge on any atom is -0.300 e. The van der Waals surface area contributed by atoms with Crippen molar-refractivity contribution in [2.45, 2.75) is 32.2 Å². The van der Waals surface area contributed by atoms with Gasteiger partial charge in [0, 0.05) is 11.8 Å². The number of hydrogen-bond acceptors (Lipinski definition) is 7. The van der Waals surface area contributed by atoms with Crippen molar-refractivity contribution in [2.24, 2.45) is 0 Å². The van der Waals surface area contributed by atoms with Gasteiger partial charge in [0.15, 0.2) is 12.4 Å². The summed E-state index contributed by atoms with van der Waals surface area (Å²) in [5, 5.41) is 8.27. The third-order valence-electron chi connectivity index (χ3n) is 1.71. The molecule has 0 aliphatic rings. The Morgan fingerprint density at radius 3 is 1.95 bits per heavy atom. The number of alkyl halides is 2. The first-order valence-electron chi connectivity index (χ1n) is 5.39. The Labute approximate surface area is 121 Å². The topological polar surface area (TPSA) is 91.3 Å². The van der Waals surface area contributed by atoms with Crippen LogP contribution in [-0.4, -0.2) is 48.2 Å². The van der Waals surface area contributed by atoms with Crippen LogP contribution in [-0.2, 0) is 27.8 Å². The molecule has 0 aromatic heterocycles. The molecular weight excluding hydrogens is 322 g/mol. The van der Waals surface area contributed by atoms with E-state index in [0.29, 0.717) is 6.29 Å². The molecule has 3 atom stereocenters. The molecule has 0 fully saturated rings. The molecule has 0 heterocycles. The Morgan fingerprint density at radius 2 is 1.63 bits per heavy atom. The van der Waals surface area contributed by atoms with Gasteiger partial charge in [0.05, 0.1) is 12.2 Å². The fraction of sp³-hybridized carbons (Fsp3) is 0.889. The molecule has 19 heavy (non-hydrogen) atoms. The van der Waals surface area contributed by atoms with Crippen molar-refractivity contribution in [1.82, 2.24) is 0 Å². The maximum absolute atomic E-state index is 12.3. The summed E-state index contributed by atoms with van der Waals surface area (Å²) in [6.45, 7) is 2.59. The number of halogens is 2. The maximum atomic E-state index is 12.3. The van der Waals surface area contributed by atoms with E-state index in [9.17, 15) is 9.36 Å². The van der Waals surface area contributed by atoms with E-state index >= 15 is 0 Å². The largest absolute Gasteiger partial charge is 0.476 e. The molecule has 0 bridgehead atoms. The highest BCUT2D eigenvalue weighted by atomic mass is 35.5. The lowest BCUT2D eigenvalue weighted by Gasteiger charge is -2.24. The van der Waals surface area contributed by atoms with Crippen LogP contribution in [0.3, 0.4) is 0 Å². The molecular formula is C9H17Cl2O7P. The van der Waals surface area contributed by atoms with Gasteiger partial charge in [-0.3, -0.25) is 18.8 Å². The minimum atomic E-state index is -4.06. The summed E-state index contributed by atoms with van der Waals surface area (Å²) in [7, 11) is -4.06. The fourth-order valence-electron chi connectivity index (χ4n) is 0.905. The van der Waals surface area contributed by atoms with E-state index in [1.54, 1.807) is 13.8 Å². The Kier molecular flexibility index (Phi) is 10.2. The van der Waals surface area contributed by atoms with E-state index < -0.39 is 32.7 Å². The Hall–Kier alpha value is 0.280. The predicted molar refractivity (Wildman–Crippen MR) is 69.7 cm³/mol. The normalized spacial score (nSPS) is 19.4. The molecule has 0 aliphatic heterocycles. The molecule has 3 unspecified atom stereocenters. The lowest BCUT2D eigenvalue weighted by molar-refractivity contribution is -0.252. The highest BCUT2D eigenvalue weighted by molar-refractivity contribution is 7.48. The van der Waals surface area contributed by atoms with Crippen molar-refractivity contribution in [3.8, 4) is 0 Å². The lowest BCUT2D eigenvalue weighted by atomic mass is 10.4. The van der Waals surface area contributed by atoms with Crippen molar-refractivity contribution in [3.05, 3.63) is 0 Å². The van der Waals surface area contributed by atoms with Crippen LogP contribution < -0.4 is 0 Å². The van der Waals surface area contributed by atoms with Crippen LogP contribution >= 0.6 is 31.0 Å². The summed E-state index contributed by atoms with van der Waals surface area (Å²) in [4.78, 5) is 14.4. The maximum Gasteiger partial charge on any atom is 0.476 e. The van der Waals surface area contributed by atoms with Crippen molar-refractivity contribution in [3.63, 3.8) is 0 Å². The van der Waals surface area contributed by atoms with Crippen molar-refractivity contribution < 1.29 is 33.1 Å². The van der Waals surface area contributed by atoms with Gasteiger partial charge < -0.3 is 4.79 Å². The molecule has 114 valence electrons.